The molecule has 2 aromatic heterocycles. The van der Waals surface area contributed by atoms with Crippen LogP contribution < -0.4 is 0 Å². The number of amides is 1. The molecule has 0 aliphatic carbocycles. The lowest BCUT2D eigenvalue weighted by atomic mass is 9.99. The number of piperidine rings is 1. The van der Waals surface area contributed by atoms with Crippen molar-refractivity contribution in [2.75, 3.05) is 20.1 Å². The Morgan fingerprint density at radius 1 is 1.17 bits per heavy atom. The SMILES string of the molecule is CN1CCn2c(nnc2[C@H]2CCCCN2C(=O)CCc2c[nH]c3ccccc23)C1. The fourth-order valence-corrected chi connectivity index (χ4v) is 4.77. The van der Waals surface area contributed by atoms with Crippen LogP contribution in [0.1, 0.15) is 48.9 Å². The van der Waals surface area contributed by atoms with Crippen LogP contribution in [0.2, 0.25) is 0 Å². The highest BCUT2D eigenvalue weighted by atomic mass is 16.2. The highest BCUT2D eigenvalue weighted by molar-refractivity contribution is 5.84. The molecule has 7 nitrogen and oxygen atoms in total. The summed E-state index contributed by atoms with van der Waals surface area (Å²) in [4.78, 5) is 20.8. The van der Waals surface area contributed by atoms with E-state index in [2.05, 4.69) is 48.7 Å². The number of H-pyrrole nitrogens is 1. The maximum Gasteiger partial charge on any atom is 0.223 e. The van der Waals surface area contributed by atoms with Gasteiger partial charge in [-0.25, -0.2) is 0 Å². The summed E-state index contributed by atoms with van der Waals surface area (Å²) in [6, 6.07) is 8.34. The second-order valence-corrected chi connectivity index (χ2v) is 8.32. The van der Waals surface area contributed by atoms with Gasteiger partial charge >= 0.3 is 0 Å². The van der Waals surface area contributed by atoms with Crippen LogP contribution in [-0.2, 0) is 24.3 Å². The third-order valence-electron chi connectivity index (χ3n) is 6.38. The summed E-state index contributed by atoms with van der Waals surface area (Å²) < 4.78 is 2.25. The maximum absolute atomic E-state index is 13.2. The average molecular weight is 393 g/mol. The number of benzene rings is 1. The molecule has 29 heavy (non-hydrogen) atoms. The molecule has 3 aromatic rings. The Bertz CT molecular complexity index is 1020. The summed E-state index contributed by atoms with van der Waals surface area (Å²) in [6.07, 6.45) is 6.51. The molecule has 1 aromatic carbocycles. The standard InChI is InChI=1S/C22H28N6O/c1-26-12-13-28-20(15-26)24-25-22(28)19-8-4-5-11-27(19)21(29)10-9-16-14-23-18-7-3-2-6-17(16)18/h2-3,6-7,14,19,23H,4-5,8-13,15H2,1H3/t19-/m1/s1. The normalized spacial score (nSPS) is 20.2. The Morgan fingerprint density at radius 2 is 2.07 bits per heavy atom. The topological polar surface area (TPSA) is 70.1 Å². The van der Waals surface area contributed by atoms with E-state index in [0.717, 1.165) is 69.0 Å². The van der Waals surface area contributed by atoms with Gasteiger partial charge in [-0.15, -0.1) is 10.2 Å². The Morgan fingerprint density at radius 3 is 3.00 bits per heavy atom. The van der Waals surface area contributed by atoms with Crippen LogP contribution in [0.3, 0.4) is 0 Å². The number of likely N-dealkylation sites (tertiary alicyclic amines) is 1. The average Bonchev–Trinajstić information content (AvgIpc) is 3.35. The van der Waals surface area contributed by atoms with Gasteiger partial charge < -0.3 is 14.5 Å². The van der Waals surface area contributed by atoms with E-state index in [1.807, 2.05) is 18.3 Å². The number of carbonyl (C=O) groups excluding carboxylic acids is 1. The zero-order valence-corrected chi connectivity index (χ0v) is 17.0. The van der Waals surface area contributed by atoms with Gasteiger partial charge in [0.2, 0.25) is 5.91 Å². The van der Waals surface area contributed by atoms with Crippen molar-refractivity contribution in [1.29, 1.82) is 0 Å². The molecular weight excluding hydrogens is 364 g/mol. The van der Waals surface area contributed by atoms with E-state index in [1.165, 1.54) is 10.9 Å². The van der Waals surface area contributed by atoms with Crippen molar-refractivity contribution in [2.24, 2.45) is 0 Å². The smallest absolute Gasteiger partial charge is 0.223 e. The molecule has 1 fully saturated rings. The molecule has 0 bridgehead atoms. The molecule has 0 radical (unpaired) electrons. The van der Waals surface area contributed by atoms with Gasteiger partial charge in [-0.3, -0.25) is 9.69 Å². The third kappa shape index (κ3) is 3.44. The van der Waals surface area contributed by atoms with Crippen molar-refractivity contribution in [2.45, 2.75) is 51.2 Å². The van der Waals surface area contributed by atoms with Crippen LogP contribution in [-0.4, -0.2) is 55.6 Å². The van der Waals surface area contributed by atoms with Crippen LogP contribution in [0.25, 0.3) is 10.9 Å². The number of aromatic nitrogens is 4. The second-order valence-electron chi connectivity index (χ2n) is 8.32. The first-order valence-electron chi connectivity index (χ1n) is 10.7. The predicted octanol–water partition coefficient (Wildman–Crippen LogP) is 2.89. The number of rotatable bonds is 4. The molecule has 0 spiro atoms. The number of hydrogen-bond donors (Lipinski definition) is 1. The van der Waals surface area contributed by atoms with Crippen LogP contribution in [0.15, 0.2) is 30.5 Å². The number of fused-ring (bicyclic) bond motifs is 2. The Hall–Kier alpha value is -2.67. The van der Waals surface area contributed by atoms with Gasteiger partial charge in [0.15, 0.2) is 5.82 Å². The minimum Gasteiger partial charge on any atom is -0.361 e. The lowest BCUT2D eigenvalue weighted by Crippen LogP contribution is -2.40. The van der Waals surface area contributed by atoms with Crippen LogP contribution in [0.5, 0.6) is 0 Å². The summed E-state index contributed by atoms with van der Waals surface area (Å²) in [5.74, 6) is 2.23. The number of likely N-dealkylation sites (N-methyl/N-ethyl adjacent to an activating group) is 1. The molecule has 4 heterocycles. The van der Waals surface area contributed by atoms with Gasteiger partial charge in [-0.05, 0) is 44.4 Å². The van der Waals surface area contributed by atoms with Crippen molar-refractivity contribution in [3.05, 3.63) is 47.7 Å². The minimum absolute atomic E-state index is 0.0591. The molecule has 0 saturated carbocycles. The van der Waals surface area contributed by atoms with Gasteiger partial charge in [0.1, 0.15) is 5.82 Å². The first kappa shape index (κ1) is 18.4. The number of carbonyl (C=O) groups is 1. The molecule has 2 aliphatic heterocycles. The van der Waals surface area contributed by atoms with Gasteiger partial charge in [0.25, 0.3) is 0 Å². The van der Waals surface area contributed by atoms with Gasteiger partial charge in [0.05, 0.1) is 12.6 Å². The summed E-state index contributed by atoms with van der Waals surface area (Å²) in [7, 11) is 2.11. The Labute approximate surface area is 170 Å². The molecule has 2 aliphatic rings. The van der Waals surface area contributed by atoms with Crippen molar-refractivity contribution in [3.63, 3.8) is 0 Å². The van der Waals surface area contributed by atoms with E-state index in [4.69, 9.17) is 0 Å². The summed E-state index contributed by atoms with van der Waals surface area (Å²) in [5, 5.41) is 10.2. The van der Waals surface area contributed by atoms with E-state index >= 15 is 0 Å². The minimum atomic E-state index is 0.0591. The molecule has 0 unspecified atom stereocenters. The summed E-state index contributed by atoms with van der Waals surface area (Å²) in [6.45, 7) is 3.55. The molecular formula is C22H28N6O. The van der Waals surface area contributed by atoms with Crippen molar-refractivity contribution in [3.8, 4) is 0 Å². The van der Waals surface area contributed by atoms with Crippen LogP contribution in [0, 0.1) is 0 Å². The van der Waals surface area contributed by atoms with E-state index in [0.29, 0.717) is 6.42 Å². The fraction of sp³-hybridized carbons (Fsp3) is 0.500. The molecule has 7 heteroatoms. The number of nitrogens with zero attached hydrogens (tertiary/aromatic N) is 5. The number of nitrogens with one attached hydrogen (secondary N) is 1. The van der Waals surface area contributed by atoms with Crippen molar-refractivity contribution >= 4 is 16.8 Å². The fourth-order valence-electron chi connectivity index (χ4n) is 4.77. The van der Waals surface area contributed by atoms with Crippen molar-refractivity contribution in [1.82, 2.24) is 29.5 Å². The molecule has 1 saturated heterocycles. The van der Waals surface area contributed by atoms with Gasteiger partial charge in [-0.1, -0.05) is 18.2 Å². The maximum atomic E-state index is 13.2. The first-order valence-corrected chi connectivity index (χ1v) is 10.7. The Kier molecular flexibility index (Phi) is 4.83. The predicted molar refractivity (Wildman–Crippen MR) is 111 cm³/mol. The third-order valence-corrected chi connectivity index (χ3v) is 6.38. The number of hydrogen-bond acceptors (Lipinski definition) is 4. The highest BCUT2D eigenvalue weighted by Crippen LogP contribution is 2.32. The first-order chi connectivity index (χ1) is 14.2. The Balaban J connectivity index is 1.33. The largest absolute Gasteiger partial charge is 0.361 e. The van der Waals surface area contributed by atoms with Crippen LogP contribution in [0.4, 0.5) is 0 Å². The number of aryl methyl sites for hydroxylation is 1. The lowest BCUT2D eigenvalue weighted by molar-refractivity contribution is -0.135. The van der Waals surface area contributed by atoms with E-state index < -0.39 is 0 Å². The zero-order valence-electron chi connectivity index (χ0n) is 17.0. The summed E-state index contributed by atoms with van der Waals surface area (Å²) in [5.41, 5.74) is 2.34. The molecule has 5 rings (SSSR count). The second kappa shape index (κ2) is 7.63. The number of aromatic amines is 1. The lowest BCUT2D eigenvalue weighted by Gasteiger charge is -2.36. The number of para-hydroxylation sites is 1. The molecule has 152 valence electrons. The highest BCUT2D eigenvalue weighted by Gasteiger charge is 2.33. The molecule has 1 amide bonds. The summed E-state index contributed by atoms with van der Waals surface area (Å²) >= 11 is 0. The van der Waals surface area contributed by atoms with Crippen LogP contribution >= 0.6 is 0 Å². The molecule has 1 N–H and O–H groups in total. The molecule has 1 atom stereocenters. The monoisotopic (exact) mass is 392 g/mol. The quantitative estimate of drug-likeness (QED) is 0.741. The van der Waals surface area contributed by atoms with E-state index in [1.54, 1.807) is 0 Å². The van der Waals surface area contributed by atoms with Gasteiger partial charge in [0, 0.05) is 43.2 Å². The van der Waals surface area contributed by atoms with E-state index in [9.17, 15) is 4.79 Å². The zero-order chi connectivity index (χ0) is 19.8. The van der Waals surface area contributed by atoms with Gasteiger partial charge in [-0.2, -0.15) is 0 Å². The van der Waals surface area contributed by atoms with E-state index in [-0.39, 0.29) is 11.9 Å². The van der Waals surface area contributed by atoms with Crippen molar-refractivity contribution < 1.29 is 4.79 Å².